The van der Waals surface area contributed by atoms with Gasteiger partial charge >= 0.3 is 0 Å². The van der Waals surface area contributed by atoms with Crippen molar-refractivity contribution in [3.05, 3.63) is 11.9 Å². The normalized spacial score (nSPS) is 16.9. The molecule has 0 radical (unpaired) electrons. The number of nitrogens with zero attached hydrogens (tertiary/aromatic N) is 3. The van der Waals surface area contributed by atoms with E-state index in [2.05, 4.69) is 21.5 Å². The van der Waals surface area contributed by atoms with Crippen LogP contribution in [0.5, 0.6) is 0 Å². The Kier molecular flexibility index (Phi) is 3.32. The van der Waals surface area contributed by atoms with Gasteiger partial charge in [0.15, 0.2) is 5.78 Å². The zero-order chi connectivity index (χ0) is 11.4. The number of piperidine rings is 1. The van der Waals surface area contributed by atoms with Crippen LogP contribution in [-0.2, 0) is 0 Å². The molecule has 2 rings (SSSR count). The zero-order valence-corrected chi connectivity index (χ0v) is 9.02. The second kappa shape index (κ2) is 4.90. The lowest BCUT2D eigenvalue weighted by Crippen LogP contribution is -2.29. The van der Waals surface area contributed by atoms with Crippen LogP contribution in [0.15, 0.2) is 6.20 Å². The Morgan fingerprint density at radius 3 is 3.06 bits per heavy atom. The summed E-state index contributed by atoms with van der Waals surface area (Å²) in [6.07, 6.45) is 8.91. The van der Waals surface area contributed by atoms with Gasteiger partial charge in [-0.1, -0.05) is 11.1 Å². The van der Waals surface area contributed by atoms with Crippen molar-refractivity contribution < 1.29 is 4.79 Å². The molecule has 0 bridgehead atoms. The van der Waals surface area contributed by atoms with Gasteiger partial charge in [-0.25, -0.2) is 4.68 Å². The lowest BCUT2D eigenvalue weighted by Gasteiger charge is -2.21. The van der Waals surface area contributed by atoms with E-state index in [4.69, 9.17) is 6.42 Å². The molecule has 5 heteroatoms. The quantitative estimate of drug-likeness (QED) is 0.589. The standard InChI is InChI=1S/C11H14N4O/c1-2-3-11(16)10-8-15(14-13-10)9-4-6-12-7-5-9/h1,8-9,12H,3-7H2. The van der Waals surface area contributed by atoms with Gasteiger partial charge in [0.25, 0.3) is 0 Å². The Balaban J connectivity index is 2.07. The maximum absolute atomic E-state index is 11.5. The van der Waals surface area contributed by atoms with Crippen LogP contribution in [0.25, 0.3) is 0 Å². The van der Waals surface area contributed by atoms with Crippen LogP contribution in [0.1, 0.15) is 35.8 Å². The minimum absolute atomic E-state index is 0.0882. The van der Waals surface area contributed by atoms with Crippen molar-refractivity contribution >= 4 is 5.78 Å². The van der Waals surface area contributed by atoms with E-state index in [0.29, 0.717) is 11.7 Å². The monoisotopic (exact) mass is 218 g/mol. The second-order valence-electron chi connectivity index (χ2n) is 3.87. The third-order valence-electron chi connectivity index (χ3n) is 2.74. The minimum atomic E-state index is -0.136. The summed E-state index contributed by atoms with van der Waals surface area (Å²) in [5, 5.41) is 11.1. The molecule has 1 N–H and O–H groups in total. The number of Topliss-reactive ketones (excluding diaryl/α,β-unsaturated/α-hetero) is 1. The summed E-state index contributed by atoms with van der Waals surface area (Å²) >= 11 is 0. The molecule has 1 fully saturated rings. The number of terminal acetylenes is 1. The van der Waals surface area contributed by atoms with Crippen LogP contribution in [0, 0.1) is 12.3 Å². The van der Waals surface area contributed by atoms with Crippen LogP contribution in [0.3, 0.4) is 0 Å². The first-order valence-corrected chi connectivity index (χ1v) is 5.40. The first-order valence-electron chi connectivity index (χ1n) is 5.40. The highest BCUT2D eigenvalue weighted by Crippen LogP contribution is 2.17. The van der Waals surface area contributed by atoms with Gasteiger partial charge in [-0.2, -0.15) is 0 Å². The molecule has 1 saturated heterocycles. The maximum Gasteiger partial charge on any atom is 0.196 e. The third kappa shape index (κ3) is 2.28. The summed E-state index contributed by atoms with van der Waals surface area (Å²) in [6.45, 7) is 1.97. The van der Waals surface area contributed by atoms with Crippen molar-refractivity contribution in [3.63, 3.8) is 0 Å². The molecule has 0 amide bonds. The predicted octanol–water partition coefficient (Wildman–Crippen LogP) is 0.409. The Hall–Kier alpha value is -1.67. The smallest absolute Gasteiger partial charge is 0.196 e. The van der Waals surface area contributed by atoms with E-state index in [1.807, 2.05) is 0 Å². The molecule has 1 aromatic rings. The number of hydrogen-bond donors (Lipinski definition) is 1. The van der Waals surface area contributed by atoms with Crippen LogP contribution < -0.4 is 5.32 Å². The van der Waals surface area contributed by atoms with E-state index in [0.717, 1.165) is 25.9 Å². The molecule has 0 unspecified atom stereocenters. The number of carbonyl (C=O) groups is 1. The fraction of sp³-hybridized carbons (Fsp3) is 0.545. The highest BCUT2D eigenvalue weighted by Gasteiger charge is 2.18. The van der Waals surface area contributed by atoms with Gasteiger partial charge < -0.3 is 5.32 Å². The van der Waals surface area contributed by atoms with Gasteiger partial charge in [-0.15, -0.1) is 11.5 Å². The second-order valence-corrected chi connectivity index (χ2v) is 3.87. The fourth-order valence-electron chi connectivity index (χ4n) is 1.84. The number of aromatic nitrogens is 3. The molecule has 16 heavy (non-hydrogen) atoms. The van der Waals surface area contributed by atoms with E-state index >= 15 is 0 Å². The molecular weight excluding hydrogens is 204 g/mol. The number of hydrogen-bond acceptors (Lipinski definition) is 4. The predicted molar refractivity (Wildman–Crippen MR) is 58.9 cm³/mol. The Morgan fingerprint density at radius 1 is 1.62 bits per heavy atom. The van der Waals surface area contributed by atoms with Gasteiger partial charge in [0.05, 0.1) is 18.7 Å². The average Bonchev–Trinajstić information content (AvgIpc) is 2.80. The van der Waals surface area contributed by atoms with Crippen molar-refractivity contribution in [3.8, 4) is 12.3 Å². The third-order valence-corrected chi connectivity index (χ3v) is 2.74. The van der Waals surface area contributed by atoms with Gasteiger partial charge in [-0.3, -0.25) is 4.79 Å². The van der Waals surface area contributed by atoms with Crippen molar-refractivity contribution in [2.24, 2.45) is 0 Å². The lowest BCUT2D eigenvalue weighted by atomic mass is 10.1. The molecule has 0 spiro atoms. The molecule has 1 aromatic heterocycles. The van der Waals surface area contributed by atoms with Crippen molar-refractivity contribution in [2.45, 2.75) is 25.3 Å². The highest BCUT2D eigenvalue weighted by atomic mass is 16.1. The van der Waals surface area contributed by atoms with Gasteiger partial charge in [0.1, 0.15) is 5.69 Å². The summed E-state index contributed by atoms with van der Waals surface area (Å²) in [6, 6.07) is 0.348. The van der Waals surface area contributed by atoms with Crippen LogP contribution in [0.4, 0.5) is 0 Å². The van der Waals surface area contributed by atoms with Gasteiger partial charge in [0.2, 0.25) is 0 Å². The van der Waals surface area contributed by atoms with E-state index in [1.54, 1.807) is 10.9 Å². The summed E-state index contributed by atoms with van der Waals surface area (Å²) in [4.78, 5) is 11.5. The SMILES string of the molecule is C#CCC(=O)c1cn(C2CCNCC2)nn1. The van der Waals surface area contributed by atoms with Gasteiger partial charge in [0, 0.05) is 0 Å². The topological polar surface area (TPSA) is 59.8 Å². The number of carbonyl (C=O) groups excluding carboxylic acids is 1. The average molecular weight is 218 g/mol. The van der Waals surface area contributed by atoms with E-state index in [9.17, 15) is 4.79 Å². The molecular formula is C11H14N4O. The summed E-state index contributed by atoms with van der Waals surface area (Å²) < 4.78 is 1.78. The van der Waals surface area contributed by atoms with Crippen molar-refractivity contribution in [1.29, 1.82) is 0 Å². The van der Waals surface area contributed by atoms with Crippen molar-refractivity contribution in [1.82, 2.24) is 20.3 Å². The van der Waals surface area contributed by atoms with E-state index in [1.165, 1.54) is 0 Å². The van der Waals surface area contributed by atoms with Crippen LogP contribution in [-0.4, -0.2) is 33.9 Å². The first-order chi connectivity index (χ1) is 7.81. The maximum atomic E-state index is 11.5. The molecule has 2 heterocycles. The number of rotatable bonds is 3. The molecule has 0 saturated carbocycles. The molecule has 84 valence electrons. The Morgan fingerprint density at radius 2 is 2.38 bits per heavy atom. The summed E-state index contributed by atoms with van der Waals surface area (Å²) in [5.74, 6) is 2.18. The largest absolute Gasteiger partial charge is 0.317 e. The van der Waals surface area contributed by atoms with Crippen LogP contribution >= 0.6 is 0 Å². The molecule has 5 nitrogen and oxygen atoms in total. The highest BCUT2D eigenvalue weighted by molar-refractivity contribution is 5.95. The first kappa shape index (κ1) is 10.8. The molecule has 1 aliphatic rings. The summed E-state index contributed by atoms with van der Waals surface area (Å²) in [5.41, 5.74) is 0.372. The molecule has 0 aliphatic carbocycles. The Labute approximate surface area is 94.2 Å². The minimum Gasteiger partial charge on any atom is -0.317 e. The fourth-order valence-corrected chi connectivity index (χ4v) is 1.84. The zero-order valence-electron chi connectivity index (χ0n) is 9.02. The Bertz CT molecular complexity index is 412. The van der Waals surface area contributed by atoms with E-state index < -0.39 is 0 Å². The van der Waals surface area contributed by atoms with Gasteiger partial charge in [-0.05, 0) is 25.9 Å². The number of nitrogens with one attached hydrogen (secondary N) is 1. The van der Waals surface area contributed by atoms with Crippen LogP contribution in [0.2, 0.25) is 0 Å². The van der Waals surface area contributed by atoms with Crippen molar-refractivity contribution in [2.75, 3.05) is 13.1 Å². The lowest BCUT2D eigenvalue weighted by molar-refractivity contribution is 0.0993. The van der Waals surface area contributed by atoms with E-state index in [-0.39, 0.29) is 12.2 Å². The molecule has 0 atom stereocenters. The number of ketones is 1. The molecule has 1 aliphatic heterocycles. The molecule has 0 aromatic carbocycles. The summed E-state index contributed by atoms with van der Waals surface area (Å²) in [7, 11) is 0.